The number of rotatable bonds is 18. The molecule has 124 heavy (non-hydrogen) atoms. The van der Waals surface area contributed by atoms with Crippen LogP contribution in [0.1, 0.15) is 160 Å². The van der Waals surface area contributed by atoms with Gasteiger partial charge in [0.25, 0.3) is 0 Å². The number of hydrogen-bond acceptors (Lipinski definition) is 23. The number of halogens is 3. The number of aliphatic carboxylic acids is 1. The molecule has 3 amide bonds. The number of hydrogen-bond donors (Lipinski definition) is 4. The summed E-state index contributed by atoms with van der Waals surface area (Å²) in [5, 5.41) is 26.1. The van der Waals surface area contributed by atoms with Crippen LogP contribution in [0, 0.1) is 11.6 Å². The van der Waals surface area contributed by atoms with Crippen LogP contribution in [-0.4, -0.2) is 148 Å². The van der Waals surface area contributed by atoms with Crippen LogP contribution < -0.4 is 24.8 Å². The van der Waals surface area contributed by atoms with Gasteiger partial charge >= 0.3 is 42.2 Å². The number of carbonyl (C=O) groups excluding carboxylic acids is 6. The summed E-state index contributed by atoms with van der Waals surface area (Å²) >= 11 is 6.59. The van der Waals surface area contributed by atoms with Crippen LogP contribution in [-0.2, 0) is 51.1 Å². The lowest BCUT2D eigenvalue weighted by Gasteiger charge is -2.37. The standard InChI is InChI=1S/C37H35FN4O8.C29H21ClFN3O5.C18H25NO3.C8H15NO4/c1-7-47-35(44)31-29(25-9-8-13-39-33(25)46-6)30-28(17-26(38)24-12-14-48-32(24)30)42(31)19-21-15-22-10-11-23(16-27(22)40-18-21)49-34(43)20(2)41-36(45)50-37(3,4)5;1-3-38-29(36)25-23(19-5-4-9-32-28(19)37-2)24-22(13-20(31)18-8-10-39-26(18)24)34(25)14-16-11-15-6-7-17(35)12-21(15)33-27(16)30;1-17(2,3)21-15-14-10-8-7-9-13(14)11-12-19(15)16(20)22-18(4,5)6;1-5(6(10)11)9-7(12)13-8(2,3)4/h8-18,20H,7,19H2,1-6H3,(H,41,45);4-13,35H,3,14H2,1-2H3;7-12,15H,1-6H3;5H,1-4H3,(H,9,12)(H,10,11)/t20-;;;/m0.../s1. The third kappa shape index (κ3) is 21.4. The summed E-state index contributed by atoms with van der Waals surface area (Å²) in [6.45, 7) is 28.4. The van der Waals surface area contributed by atoms with Gasteiger partial charge in [-0.05, 0) is 213 Å². The largest absolute Gasteiger partial charge is 0.508 e. The van der Waals surface area contributed by atoms with E-state index in [-0.39, 0.29) is 93.6 Å². The number of nitrogens with one attached hydrogen (secondary N) is 2. The zero-order valence-corrected chi connectivity index (χ0v) is 72.4. The number of phenols is 1. The van der Waals surface area contributed by atoms with Crippen LogP contribution in [0.4, 0.5) is 23.2 Å². The molecule has 4 N–H and O–H groups in total. The van der Waals surface area contributed by atoms with Crippen LogP contribution in [0.5, 0.6) is 23.3 Å². The molecular weight excluding hydrogens is 1620 g/mol. The Morgan fingerprint density at radius 3 is 1.62 bits per heavy atom. The number of furan rings is 2. The monoisotopic (exact) mass is 1720 g/mol. The van der Waals surface area contributed by atoms with E-state index in [2.05, 4.69) is 30.6 Å². The van der Waals surface area contributed by atoms with Gasteiger partial charge in [0.1, 0.15) is 79.7 Å². The summed E-state index contributed by atoms with van der Waals surface area (Å²) in [6, 6.07) is 32.2. The topological polar surface area (TPSA) is 358 Å². The first-order valence-electron chi connectivity index (χ1n) is 39.4. The van der Waals surface area contributed by atoms with E-state index < -0.39 is 88.9 Å². The van der Waals surface area contributed by atoms with Crippen molar-refractivity contribution in [2.24, 2.45) is 0 Å². The number of esters is 3. The minimum atomic E-state index is -1.09. The third-order valence-electron chi connectivity index (χ3n) is 18.5. The Balaban J connectivity index is 0.000000178. The molecule has 29 nitrogen and oxygen atoms in total. The van der Waals surface area contributed by atoms with Gasteiger partial charge in [0.05, 0.1) is 95.7 Å². The maximum absolute atomic E-state index is 15.5. The van der Waals surface area contributed by atoms with Crippen molar-refractivity contribution in [2.45, 2.75) is 165 Å². The van der Waals surface area contributed by atoms with Gasteiger partial charge in [-0.3, -0.25) is 14.7 Å². The molecule has 1 aliphatic rings. The number of ether oxygens (including phenoxy) is 9. The summed E-state index contributed by atoms with van der Waals surface area (Å²) in [7, 11) is 2.96. The van der Waals surface area contributed by atoms with Gasteiger partial charge in [0.15, 0.2) is 6.23 Å². The van der Waals surface area contributed by atoms with Crippen LogP contribution in [0.2, 0.25) is 5.15 Å². The van der Waals surface area contributed by atoms with Crippen molar-refractivity contribution in [2.75, 3.05) is 27.4 Å². The first-order chi connectivity index (χ1) is 58.6. The van der Waals surface area contributed by atoms with Crippen molar-refractivity contribution in [1.29, 1.82) is 0 Å². The summed E-state index contributed by atoms with van der Waals surface area (Å²) in [5.74, 6) is -3.22. The number of fused-ring (bicyclic) bond motifs is 9. The van der Waals surface area contributed by atoms with Crippen molar-refractivity contribution >= 4 is 125 Å². The number of methoxy groups -OCH3 is 2. The fourth-order valence-electron chi connectivity index (χ4n) is 13.4. The quantitative estimate of drug-likeness (QED) is 0.0268. The van der Waals surface area contributed by atoms with Gasteiger partial charge in [0, 0.05) is 87.6 Å². The van der Waals surface area contributed by atoms with Gasteiger partial charge in [-0.15, -0.1) is 0 Å². The number of pyridine rings is 4. The van der Waals surface area contributed by atoms with E-state index in [1.807, 2.05) is 84.0 Å². The number of carbonyl (C=O) groups is 7. The third-order valence-corrected chi connectivity index (χ3v) is 18.8. The summed E-state index contributed by atoms with van der Waals surface area (Å²) < 4.78 is 95.1. The Labute approximate surface area is 717 Å². The number of aromatic nitrogens is 6. The number of alkyl carbamates (subject to hydrolysis) is 2. The average Bonchev–Trinajstić information content (AvgIpc) is 1.57. The van der Waals surface area contributed by atoms with E-state index in [0.29, 0.717) is 71.6 Å². The number of aromatic hydroxyl groups is 1. The Morgan fingerprint density at radius 2 is 1.10 bits per heavy atom. The van der Waals surface area contributed by atoms with Gasteiger partial charge in [-0.1, -0.05) is 35.9 Å². The summed E-state index contributed by atoms with van der Waals surface area (Å²) in [4.78, 5) is 105. The minimum Gasteiger partial charge on any atom is -0.508 e. The normalized spacial score (nSPS) is 13.1. The van der Waals surface area contributed by atoms with Gasteiger partial charge in [0.2, 0.25) is 11.8 Å². The number of amides is 3. The molecule has 5 aromatic carbocycles. The van der Waals surface area contributed by atoms with Crippen LogP contribution in [0.15, 0.2) is 167 Å². The molecular formula is C92H96ClF2N9O20. The van der Waals surface area contributed by atoms with Crippen LogP contribution in [0.3, 0.4) is 0 Å². The smallest absolute Gasteiger partial charge is 0.416 e. The molecule has 2 unspecified atom stereocenters. The Morgan fingerprint density at radius 1 is 0.589 bits per heavy atom. The fourth-order valence-corrected chi connectivity index (χ4v) is 13.6. The van der Waals surface area contributed by atoms with E-state index >= 15 is 8.78 Å². The number of benzene rings is 5. The molecule has 0 saturated heterocycles. The van der Waals surface area contributed by atoms with Crippen molar-refractivity contribution in [3.63, 3.8) is 0 Å². The van der Waals surface area contributed by atoms with E-state index in [1.165, 1.54) is 75.8 Å². The van der Waals surface area contributed by atoms with Crippen LogP contribution >= 0.6 is 11.6 Å². The predicted molar refractivity (Wildman–Crippen MR) is 461 cm³/mol. The van der Waals surface area contributed by atoms with Gasteiger partial charge < -0.3 is 81.4 Å². The fraction of sp³-hybridized carbons (Fsp3) is 0.315. The number of nitrogens with zero attached hydrogens (tertiary/aromatic N) is 7. The van der Waals surface area contributed by atoms with Crippen LogP contribution in [0.25, 0.3) is 93.9 Å². The maximum atomic E-state index is 15.5. The summed E-state index contributed by atoms with van der Waals surface area (Å²) in [5.41, 5.74) is 5.55. The highest BCUT2D eigenvalue weighted by Crippen LogP contribution is 2.47. The Bertz CT molecular complexity index is 6240. The molecule has 3 atom stereocenters. The highest BCUT2D eigenvalue weighted by Gasteiger charge is 2.37. The molecule has 1 aliphatic heterocycles. The molecule has 9 heterocycles. The molecule has 0 aliphatic carbocycles. The zero-order chi connectivity index (χ0) is 90.2. The highest BCUT2D eigenvalue weighted by molar-refractivity contribution is 6.30. The molecule has 14 rings (SSSR count). The molecule has 32 heteroatoms. The van der Waals surface area contributed by atoms with E-state index in [4.69, 9.17) is 68.2 Å². The predicted octanol–water partition coefficient (Wildman–Crippen LogP) is 19.6. The first kappa shape index (κ1) is 91.1. The van der Waals surface area contributed by atoms with Crippen molar-refractivity contribution in [3.05, 3.63) is 209 Å². The second-order valence-corrected chi connectivity index (χ2v) is 32.8. The molecule has 0 saturated carbocycles. The molecule has 8 aromatic heterocycles. The SMILES string of the molecule is CC(C)(C)OC(=O)N1C=Cc2ccccc2C1OC(C)(C)C.CC(NC(=O)OC(C)(C)C)C(=O)O.CCOC(=O)c1c(-c2cccnc2OC)c2c3occc3c(F)cc2n1Cc1cc2ccc(O)cc2nc1Cl.CCOC(=O)c1c(-c2cccnc2OC)c2c3occc3c(F)cc2n1Cc1cnc2cc(OC(=O)[C@H](C)NC(=O)OC(C)(C)C)ccc2c1. The number of carboxylic acid groups (broad SMARTS) is 1. The van der Waals surface area contributed by atoms with E-state index in [0.717, 1.165) is 16.5 Å². The minimum absolute atomic E-state index is 0.0571. The van der Waals surface area contributed by atoms with E-state index in [9.17, 15) is 38.7 Å². The van der Waals surface area contributed by atoms with Gasteiger partial charge in [-0.2, -0.15) is 0 Å². The second-order valence-electron chi connectivity index (χ2n) is 32.4. The molecule has 650 valence electrons. The van der Waals surface area contributed by atoms with Crippen molar-refractivity contribution in [1.82, 2.24) is 44.6 Å². The Hall–Kier alpha value is -13.7. The lowest BCUT2D eigenvalue weighted by atomic mass is 10.0. The Kier molecular flexibility index (Phi) is 27.7. The molecule has 0 spiro atoms. The number of phenolic OH excluding ortho intramolecular Hbond substituents is 1. The maximum Gasteiger partial charge on any atom is 0.416 e. The summed E-state index contributed by atoms with van der Waals surface area (Å²) in [6.07, 6.45) is 8.84. The van der Waals surface area contributed by atoms with Crippen molar-refractivity contribution in [3.8, 4) is 45.5 Å². The molecule has 0 radical (unpaired) electrons. The van der Waals surface area contributed by atoms with Gasteiger partial charge in [-0.25, -0.2) is 52.5 Å². The molecule has 13 aromatic rings. The van der Waals surface area contributed by atoms with E-state index in [1.54, 1.807) is 144 Å². The lowest BCUT2D eigenvalue weighted by Crippen LogP contribution is -2.43. The van der Waals surface area contributed by atoms with Crippen molar-refractivity contribution < 1.29 is 104 Å². The zero-order valence-electron chi connectivity index (χ0n) is 71.7. The molecule has 0 bridgehead atoms. The first-order valence-corrected chi connectivity index (χ1v) is 39.8. The average molecular weight is 1720 g/mol. The number of carboxylic acids is 1. The lowest BCUT2D eigenvalue weighted by molar-refractivity contribution is -0.139. The highest BCUT2D eigenvalue weighted by atomic mass is 35.5. The molecule has 0 fully saturated rings. The second kappa shape index (κ2) is 37.8.